The zero-order valence-corrected chi connectivity index (χ0v) is 12.5. The van der Waals surface area contributed by atoms with Gasteiger partial charge in [0.15, 0.2) is 0 Å². The molecule has 0 radical (unpaired) electrons. The van der Waals surface area contributed by atoms with Gasteiger partial charge in [-0.15, -0.1) is 0 Å². The maximum atomic E-state index is 12.4. The lowest BCUT2D eigenvalue weighted by Gasteiger charge is -2.08. The normalized spacial score (nSPS) is 10.6. The van der Waals surface area contributed by atoms with Crippen LogP contribution in [0.1, 0.15) is 21.5 Å². The van der Waals surface area contributed by atoms with Crippen LogP contribution in [0.25, 0.3) is 10.9 Å². The van der Waals surface area contributed by atoms with Gasteiger partial charge in [-0.3, -0.25) is 9.78 Å². The number of nitrogens with one attached hydrogen (secondary N) is 1. The minimum absolute atomic E-state index is 0.0723. The molecule has 1 N–H and O–H groups in total. The summed E-state index contributed by atoms with van der Waals surface area (Å²) >= 11 is 0. The van der Waals surface area contributed by atoms with Crippen LogP contribution in [0.15, 0.2) is 60.8 Å². The summed E-state index contributed by atoms with van der Waals surface area (Å²) in [6.07, 6.45) is 2.54. The second kappa shape index (κ2) is 6.39. The van der Waals surface area contributed by atoms with E-state index in [0.29, 0.717) is 12.1 Å². The lowest BCUT2D eigenvalue weighted by Crippen LogP contribution is -2.26. The lowest BCUT2D eigenvalue weighted by molar-refractivity contribution is 0.0955. The van der Waals surface area contributed by atoms with Gasteiger partial charge in [-0.1, -0.05) is 48.0 Å². The van der Waals surface area contributed by atoms with Crippen LogP contribution in [-0.2, 0) is 6.42 Å². The second-order valence-corrected chi connectivity index (χ2v) is 5.38. The number of fused-ring (bicyclic) bond motifs is 1. The summed E-state index contributed by atoms with van der Waals surface area (Å²) in [4.78, 5) is 16.7. The summed E-state index contributed by atoms with van der Waals surface area (Å²) in [5.41, 5.74) is 3.85. The summed E-state index contributed by atoms with van der Waals surface area (Å²) in [5, 5.41) is 3.96. The van der Waals surface area contributed by atoms with Crippen LogP contribution in [0.4, 0.5) is 0 Å². The summed E-state index contributed by atoms with van der Waals surface area (Å²) < 4.78 is 0. The van der Waals surface area contributed by atoms with E-state index in [4.69, 9.17) is 0 Å². The lowest BCUT2D eigenvalue weighted by atomic mass is 10.1. The van der Waals surface area contributed by atoms with Gasteiger partial charge in [0, 0.05) is 18.1 Å². The predicted molar refractivity (Wildman–Crippen MR) is 89.0 cm³/mol. The SMILES string of the molecule is Cc1cccc(CCNC(=O)c2cccc3cccnc23)c1. The van der Waals surface area contributed by atoms with Gasteiger partial charge in [-0.2, -0.15) is 0 Å². The average Bonchev–Trinajstić information content (AvgIpc) is 2.54. The van der Waals surface area contributed by atoms with Gasteiger partial charge in [-0.05, 0) is 31.0 Å². The van der Waals surface area contributed by atoms with Crippen LogP contribution in [0.5, 0.6) is 0 Å². The van der Waals surface area contributed by atoms with Crippen molar-refractivity contribution in [1.29, 1.82) is 0 Å². The van der Waals surface area contributed by atoms with Gasteiger partial charge in [0.25, 0.3) is 5.91 Å². The number of benzene rings is 2. The Kier molecular flexibility index (Phi) is 4.15. The zero-order chi connectivity index (χ0) is 15.4. The number of rotatable bonds is 4. The molecule has 0 saturated carbocycles. The number of aryl methyl sites for hydroxylation is 1. The minimum Gasteiger partial charge on any atom is -0.352 e. The van der Waals surface area contributed by atoms with E-state index in [9.17, 15) is 4.79 Å². The number of aromatic nitrogens is 1. The van der Waals surface area contributed by atoms with Crippen molar-refractivity contribution in [3.63, 3.8) is 0 Å². The first kappa shape index (κ1) is 14.3. The van der Waals surface area contributed by atoms with E-state index >= 15 is 0 Å². The number of hydrogen-bond donors (Lipinski definition) is 1. The molecular formula is C19H18N2O. The molecule has 0 atom stereocenters. The first-order valence-corrected chi connectivity index (χ1v) is 7.41. The number of carbonyl (C=O) groups is 1. The highest BCUT2D eigenvalue weighted by Gasteiger charge is 2.09. The average molecular weight is 290 g/mol. The third-order valence-corrected chi connectivity index (χ3v) is 3.66. The third kappa shape index (κ3) is 3.14. The summed E-state index contributed by atoms with van der Waals surface area (Å²) in [7, 11) is 0. The predicted octanol–water partition coefficient (Wildman–Crippen LogP) is 3.52. The molecular weight excluding hydrogens is 272 g/mol. The fraction of sp³-hybridized carbons (Fsp3) is 0.158. The largest absolute Gasteiger partial charge is 0.352 e. The zero-order valence-electron chi connectivity index (χ0n) is 12.5. The van der Waals surface area contributed by atoms with E-state index in [1.807, 2.05) is 36.4 Å². The van der Waals surface area contributed by atoms with Crippen molar-refractivity contribution in [2.75, 3.05) is 6.54 Å². The van der Waals surface area contributed by atoms with Crippen LogP contribution < -0.4 is 5.32 Å². The molecule has 1 amide bonds. The van der Waals surface area contributed by atoms with Gasteiger partial charge in [0.05, 0.1) is 11.1 Å². The van der Waals surface area contributed by atoms with Crippen LogP contribution in [-0.4, -0.2) is 17.4 Å². The molecule has 0 aliphatic carbocycles. The van der Waals surface area contributed by atoms with Crippen molar-refractivity contribution in [3.05, 3.63) is 77.5 Å². The number of para-hydroxylation sites is 1. The molecule has 22 heavy (non-hydrogen) atoms. The molecule has 0 unspecified atom stereocenters. The van der Waals surface area contributed by atoms with Crippen molar-refractivity contribution < 1.29 is 4.79 Å². The molecule has 0 aliphatic heterocycles. The van der Waals surface area contributed by atoms with Crippen LogP contribution in [0.3, 0.4) is 0 Å². The van der Waals surface area contributed by atoms with Crippen LogP contribution in [0, 0.1) is 6.92 Å². The van der Waals surface area contributed by atoms with Gasteiger partial charge in [0.2, 0.25) is 0 Å². The number of pyridine rings is 1. The third-order valence-electron chi connectivity index (χ3n) is 3.66. The topological polar surface area (TPSA) is 42.0 Å². The van der Waals surface area contributed by atoms with Gasteiger partial charge >= 0.3 is 0 Å². The molecule has 0 saturated heterocycles. The van der Waals surface area contributed by atoms with E-state index < -0.39 is 0 Å². The Morgan fingerprint density at radius 2 is 1.91 bits per heavy atom. The van der Waals surface area contributed by atoms with Crippen molar-refractivity contribution in [2.45, 2.75) is 13.3 Å². The van der Waals surface area contributed by atoms with Crippen LogP contribution >= 0.6 is 0 Å². The molecule has 2 aromatic carbocycles. The molecule has 0 spiro atoms. The quantitative estimate of drug-likeness (QED) is 0.799. The van der Waals surface area contributed by atoms with Crippen molar-refractivity contribution in [3.8, 4) is 0 Å². The number of amides is 1. The molecule has 0 aliphatic rings. The Bertz CT molecular complexity index is 806. The Balaban J connectivity index is 1.69. The highest BCUT2D eigenvalue weighted by atomic mass is 16.1. The molecule has 110 valence electrons. The first-order valence-electron chi connectivity index (χ1n) is 7.41. The maximum absolute atomic E-state index is 12.4. The Labute approximate surface area is 130 Å². The summed E-state index contributed by atoms with van der Waals surface area (Å²) in [5.74, 6) is -0.0723. The van der Waals surface area contributed by atoms with Crippen molar-refractivity contribution in [1.82, 2.24) is 10.3 Å². The first-order chi connectivity index (χ1) is 10.7. The summed E-state index contributed by atoms with van der Waals surface area (Å²) in [6, 6.07) is 17.9. The molecule has 3 rings (SSSR count). The molecule has 3 aromatic rings. The van der Waals surface area contributed by atoms with E-state index in [2.05, 4.69) is 35.4 Å². The van der Waals surface area contributed by atoms with Gasteiger partial charge < -0.3 is 5.32 Å². The number of carbonyl (C=O) groups excluding carboxylic acids is 1. The van der Waals surface area contributed by atoms with Crippen LogP contribution in [0.2, 0.25) is 0 Å². The monoisotopic (exact) mass is 290 g/mol. The minimum atomic E-state index is -0.0723. The Morgan fingerprint density at radius 3 is 2.77 bits per heavy atom. The van der Waals surface area contributed by atoms with E-state index in [1.54, 1.807) is 6.20 Å². The molecule has 0 fully saturated rings. The molecule has 0 bridgehead atoms. The van der Waals surface area contributed by atoms with Gasteiger partial charge in [-0.25, -0.2) is 0 Å². The highest BCUT2D eigenvalue weighted by molar-refractivity contribution is 6.05. The molecule has 1 heterocycles. The fourth-order valence-electron chi connectivity index (χ4n) is 2.57. The standard InChI is InChI=1S/C19H18N2O/c1-14-5-2-6-15(13-14)10-12-21-19(22)17-9-3-7-16-8-4-11-20-18(16)17/h2-9,11,13H,10,12H2,1H3,(H,21,22). The number of nitrogens with zero attached hydrogens (tertiary/aromatic N) is 1. The molecule has 1 aromatic heterocycles. The van der Waals surface area contributed by atoms with Crippen molar-refractivity contribution in [2.24, 2.45) is 0 Å². The smallest absolute Gasteiger partial charge is 0.253 e. The maximum Gasteiger partial charge on any atom is 0.253 e. The van der Waals surface area contributed by atoms with E-state index in [1.165, 1.54) is 11.1 Å². The number of hydrogen-bond acceptors (Lipinski definition) is 2. The molecule has 3 heteroatoms. The van der Waals surface area contributed by atoms with Crippen molar-refractivity contribution >= 4 is 16.8 Å². The van der Waals surface area contributed by atoms with Gasteiger partial charge in [0.1, 0.15) is 0 Å². The van der Waals surface area contributed by atoms with E-state index in [0.717, 1.165) is 17.3 Å². The molecule has 3 nitrogen and oxygen atoms in total. The summed E-state index contributed by atoms with van der Waals surface area (Å²) in [6.45, 7) is 2.69. The fourth-order valence-corrected chi connectivity index (χ4v) is 2.57. The highest BCUT2D eigenvalue weighted by Crippen LogP contribution is 2.15. The Hall–Kier alpha value is -2.68. The Morgan fingerprint density at radius 1 is 1.09 bits per heavy atom. The van der Waals surface area contributed by atoms with E-state index in [-0.39, 0.29) is 5.91 Å². The second-order valence-electron chi connectivity index (χ2n) is 5.38.